The fraction of sp³-hybridized carbons (Fsp3) is 0.588. The smallest absolute Gasteiger partial charge is 0.444 e. The molecule has 9 heteroatoms. The van der Waals surface area contributed by atoms with E-state index >= 15 is 0 Å². The molecule has 0 aliphatic carbocycles. The summed E-state index contributed by atoms with van der Waals surface area (Å²) in [6, 6.07) is 3.06. The summed E-state index contributed by atoms with van der Waals surface area (Å²) < 4.78 is 46.5. The minimum Gasteiger partial charge on any atom is -0.444 e. The quantitative estimate of drug-likeness (QED) is 0.809. The molecule has 0 bridgehead atoms. The molecule has 1 atom stereocenters. The molecule has 1 amide bonds. The summed E-state index contributed by atoms with van der Waals surface area (Å²) in [6.07, 6.45) is -2.96. The second-order valence-corrected chi connectivity index (χ2v) is 7.47. The van der Waals surface area contributed by atoms with Crippen LogP contribution in [0, 0.1) is 5.92 Å². The topological polar surface area (TPSA) is 60.2 Å². The standard InChI is InChI=1S/C17H21F3N4O2/c1-16(2,3)26-15(25)23-8-6-11(9-23)10-24-13-12(5-4-7-21-13)22-14(24)17(18,19)20/h4-5,7,11H,6,8-10H2,1-3H3/t11-/m1/s1. The van der Waals surface area contributed by atoms with Gasteiger partial charge in [-0.3, -0.25) is 0 Å². The van der Waals surface area contributed by atoms with Crippen molar-refractivity contribution < 1.29 is 22.7 Å². The maximum atomic E-state index is 13.4. The van der Waals surface area contributed by atoms with E-state index in [1.54, 1.807) is 26.8 Å². The molecule has 0 radical (unpaired) electrons. The molecule has 6 nitrogen and oxygen atoms in total. The predicted octanol–water partition coefficient (Wildman–Crippen LogP) is 3.71. The minimum absolute atomic E-state index is 0.0989. The number of halogens is 3. The number of aromatic nitrogens is 3. The highest BCUT2D eigenvalue weighted by Crippen LogP contribution is 2.32. The van der Waals surface area contributed by atoms with E-state index in [2.05, 4.69) is 9.97 Å². The van der Waals surface area contributed by atoms with Gasteiger partial charge in [0, 0.05) is 25.8 Å². The second-order valence-electron chi connectivity index (χ2n) is 7.47. The second kappa shape index (κ2) is 6.44. The molecule has 0 aromatic carbocycles. The van der Waals surface area contributed by atoms with Crippen molar-refractivity contribution in [3.8, 4) is 0 Å². The molecule has 1 fully saturated rings. The minimum atomic E-state index is -4.57. The van der Waals surface area contributed by atoms with Gasteiger partial charge in [0.05, 0.1) is 0 Å². The lowest BCUT2D eigenvalue weighted by Gasteiger charge is -2.24. The van der Waals surface area contributed by atoms with Crippen molar-refractivity contribution in [2.45, 2.75) is 45.5 Å². The molecule has 0 unspecified atom stereocenters. The molecule has 1 aliphatic heterocycles. The molecular weight excluding hydrogens is 349 g/mol. The lowest BCUT2D eigenvalue weighted by molar-refractivity contribution is -0.147. The van der Waals surface area contributed by atoms with Crippen molar-refractivity contribution in [2.24, 2.45) is 5.92 Å². The van der Waals surface area contributed by atoms with Gasteiger partial charge in [0.1, 0.15) is 11.1 Å². The molecule has 3 heterocycles. The molecule has 0 saturated carbocycles. The maximum absolute atomic E-state index is 13.4. The van der Waals surface area contributed by atoms with Crippen molar-refractivity contribution in [2.75, 3.05) is 13.1 Å². The summed E-state index contributed by atoms with van der Waals surface area (Å²) in [5.41, 5.74) is -0.194. The van der Waals surface area contributed by atoms with E-state index in [1.807, 2.05) is 0 Å². The first-order valence-corrected chi connectivity index (χ1v) is 8.41. The van der Waals surface area contributed by atoms with E-state index in [1.165, 1.54) is 17.2 Å². The number of alkyl halides is 3. The van der Waals surface area contributed by atoms with Gasteiger partial charge < -0.3 is 14.2 Å². The van der Waals surface area contributed by atoms with Gasteiger partial charge in [0.15, 0.2) is 5.65 Å². The van der Waals surface area contributed by atoms with Gasteiger partial charge in [-0.15, -0.1) is 0 Å². The Morgan fingerprint density at radius 3 is 2.73 bits per heavy atom. The molecule has 1 aliphatic rings. The van der Waals surface area contributed by atoms with Gasteiger partial charge in [-0.1, -0.05) is 0 Å². The number of imidazole rings is 1. The number of carbonyl (C=O) groups is 1. The molecule has 0 spiro atoms. The maximum Gasteiger partial charge on any atom is 0.449 e. The highest BCUT2D eigenvalue weighted by molar-refractivity contribution is 5.71. The Hall–Kier alpha value is -2.32. The summed E-state index contributed by atoms with van der Waals surface area (Å²) in [4.78, 5) is 21.4. The SMILES string of the molecule is CC(C)(C)OC(=O)N1CC[C@@H](Cn2c(C(F)(F)F)nc3cccnc32)C1. The number of pyridine rings is 1. The number of rotatable bonds is 2. The van der Waals surface area contributed by atoms with Crippen LogP contribution in [0.2, 0.25) is 0 Å². The van der Waals surface area contributed by atoms with Crippen LogP contribution in [0.5, 0.6) is 0 Å². The predicted molar refractivity (Wildman–Crippen MR) is 88.4 cm³/mol. The van der Waals surface area contributed by atoms with Crippen molar-refractivity contribution in [1.29, 1.82) is 0 Å². The first-order valence-electron chi connectivity index (χ1n) is 8.41. The normalized spacial score (nSPS) is 18.5. The molecule has 1 saturated heterocycles. The lowest BCUT2D eigenvalue weighted by Crippen LogP contribution is -2.35. The molecule has 26 heavy (non-hydrogen) atoms. The third kappa shape index (κ3) is 3.91. The molecule has 3 rings (SSSR count). The van der Waals surface area contributed by atoms with Gasteiger partial charge in [-0.05, 0) is 45.2 Å². The van der Waals surface area contributed by atoms with E-state index < -0.39 is 23.7 Å². The van der Waals surface area contributed by atoms with Gasteiger partial charge in [0.25, 0.3) is 0 Å². The van der Waals surface area contributed by atoms with Crippen molar-refractivity contribution in [3.05, 3.63) is 24.2 Å². The van der Waals surface area contributed by atoms with Crippen molar-refractivity contribution in [3.63, 3.8) is 0 Å². The Kier molecular flexibility index (Phi) is 4.58. The fourth-order valence-electron chi connectivity index (χ4n) is 3.08. The van der Waals surface area contributed by atoms with Gasteiger partial charge >= 0.3 is 12.3 Å². The summed E-state index contributed by atoms with van der Waals surface area (Å²) in [7, 11) is 0. The van der Waals surface area contributed by atoms with E-state index in [-0.39, 0.29) is 23.6 Å². The first-order chi connectivity index (χ1) is 12.0. The molecule has 2 aromatic heterocycles. The summed E-state index contributed by atoms with van der Waals surface area (Å²) >= 11 is 0. The van der Waals surface area contributed by atoms with E-state index in [0.717, 1.165) is 4.57 Å². The zero-order valence-electron chi connectivity index (χ0n) is 14.9. The third-order valence-corrected chi connectivity index (χ3v) is 4.14. The fourth-order valence-corrected chi connectivity index (χ4v) is 3.08. The number of hydrogen-bond acceptors (Lipinski definition) is 4. The number of hydrogen-bond donors (Lipinski definition) is 0. The molecule has 142 valence electrons. The number of amides is 1. The number of nitrogens with zero attached hydrogens (tertiary/aromatic N) is 4. The molecule has 2 aromatic rings. The number of likely N-dealkylation sites (tertiary alicyclic amines) is 1. The van der Waals surface area contributed by atoms with Crippen LogP contribution >= 0.6 is 0 Å². The average molecular weight is 370 g/mol. The van der Waals surface area contributed by atoms with Crippen molar-refractivity contribution >= 4 is 17.3 Å². The van der Waals surface area contributed by atoms with Gasteiger partial charge in [-0.25, -0.2) is 14.8 Å². The Morgan fingerprint density at radius 1 is 1.35 bits per heavy atom. The number of fused-ring (bicyclic) bond motifs is 1. The Labute approximate surface area is 149 Å². The first kappa shape index (κ1) is 18.5. The Balaban J connectivity index is 1.79. The van der Waals surface area contributed by atoms with Crippen LogP contribution in [0.3, 0.4) is 0 Å². The van der Waals surface area contributed by atoms with Crippen LogP contribution in [0.1, 0.15) is 33.0 Å². The van der Waals surface area contributed by atoms with Gasteiger partial charge in [-0.2, -0.15) is 13.2 Å². The summed E-state index contributed by atoms with van der Waals surface area (Å²) in [5.74, 6) is -1.08. The van der Waals surface area contributed by atoms with E-state index in [4.69, 9.17) is 4.74 Å². The Bertz CT molecular complexity index is 810. The largest absolute Gasteiger partial charge is 0.449 e. The van der Waals surface area contributed by atoms with Crippen LogP contribution in [-0.4, -0.2) is 44.2 Å². The number of ether oxygens (including phenoxy) is 1. The van der Waals surface area contributed by atoms with Crippen LogP contribution in [0.25, 0.3) is 11.2 Å². The summed E-state index contributed by atoms with van der Waals surface area (Å²) in [6.45, 7) is 6.23. The highest BCUT2D eigenvalue weighted by atomic mass is 19.4. The highest BCUT2D eigenvalue weighted by Gasteiger charge is 2.39. The van der Waals surface area contributed by atoms with Gasteiger partial charge in [0.2, 0.25) is 5.82 Å². The summed E-state index contributed by atoms with van der Waals surface area (Å²) in [5, 5.41) is 0. The lowest BCUT2D eigenvalue weighted by atomic mass is 10.1. The molecular formula is C17H21F3N4O2. The molecule has 0 N–H and O–H groups in total. The van der Waals surface area contributed by atoms with E-state index in [0.29, 0.717) is 19.5 Å². The van der Waals surface area contributed by atoms with Crippen LogP contribution in [-0.2, 0) is 17.5 Å². The zero-order chi connectivity index (χ0) is 19.1. The average Bonchev–Trinajstić information content (AvgIpc) is 3.11. The van der Waals surface area contributed by atoms with Crippen LogP contribution in [0.4, 0.5) is 18.0 Å². The van der Waals surface area contributed by atoms with Crippen LogP contribution in [0.15, 0.2) is 18.3 Å². The third-order valence-electron chi connectivity index (χ3n) is 4.14. The van der Waals surface area contributed by atoms with Crippen molar-refractivity contribution in [1.82, 2.24) is 19.4 Å². The zero-order valence-corrected chi connectivity index (χ0v) is 14.9. The van der Waals surface area contributed by atoms with Crippen LogP contribution < -0.4 is 0 Å². The Morgan fingerprint density at radius 2 is 2.08 bits per heavy atom. The van der Waals surface area contributed by atoms with E-state index in [9.17, 15) is 18.0 Å². The monoisotopic (exact) mass is 370 g/mol. The number of carbonyl (C=O) groups excluding carboxylic acids is 1.